The third-order valence-electron chi connectivity index (χ3n) is 1.80. The van der Waals surface area contributed by atoms with Crippen molar-refractivity contribution >= 4 is 17.6 Å². The highest BCUT2D eigenvalue weighted by atomic mass is 35.5. The summed E-state index contributed by atoms with van der Waals surface area (Å²) in [4.78, 5) is 15.0. The molecule has 9 heteroatoms. The van der Waals surface area contributed by atoms with E-state index >= 15 is 0 Å². The van der Waals surface area contributed by atoms with E-state index in [2.05, 4.69) is 14.5 Å². The van der Waals surface area contributed by atoms with Gasteiger partial charge in [-0.05, 0) is 0 Å². The van der Waals surface area contributed by atoms with Crippen molar-refractivity contribution in [3.8, 4) is 5.75 Å². The summed E-state index contributed by atoms with van der Waals surface area (Å²) in [6.07, 6.45) is -3.55. The lowest BCUT2D eigenvalue weighted by Crippen LogP contribution is -2.19. The monoisotopic (exact) mass is 299 g/mol. The number of methoxy groups -OCH3 is 1. The van der Waals surface area contributed by atoms with Crippen LogP contribution in [0.1, 0.15) is 10.5 Å². The van der Waals surface area contributed by atoms with E-state index in [1.54, 1.807) is 0 Å². The molecule has 0 aliphatic heterocycles. The number of aromatic nitrogens is 1. The van der Waals surface area contributed by atoms with Gasteiger partial charge in [0.1, 0.15) is 6.61 Å². The lowest BCUT2D eigenvalue weighted by atomic mass is 10.3. The maximum atomic E-state index is 11.7. The molecule has 19 heavy (non-hydrogen) atoms. The SMILES string of the molecule is COC(=O)c1ncc(Cl)cc1OCCOC(F)(F)F. The van der Waals surface area contributed by atoms with Crippen molar-refractivity contribution in [1.29, 1.82) is 0 Å². The van der Waals surface area contributed by atoms with Gasteiger partial charge in [0.15, 0.2) is 11.4 Å². The first kappa shape index (κ1) is 15.5. The fourth-order valence-corrected chi connectivity index (χ4v) is 1.24. The Morgan fingerprint density at radius 3 is 2.68 bits per heavy atom. The highest BCUT2D eigenvalue weighted by molar-refractivity contribution is 6.30. The van der Waals surface area contributed by atoms with Crippen molar-refractivity contribution in [2.75, 3.05) is 20.3 Å². The fourth-order valence-electron chi connectivity index (χ4n) is 1.09. The van der Waals surface area contributed by atoms with Crippen LogP contribution in [0.4, 0.5) is 13.2 Å². The Kier molecular flexibility index (Phi) is 5.37. The van der Waals surface area contributed by atoms with Crippen LogP contribution >= 0.6 is 11.6 Å². The largest absolute Gasteiger partial charge is 0.522 e. The number of carbonyl (C=O) groups is 1. The van der Waals surface area contributed by atoms with E-state index in [0.29, 0.717) is 0 Å². The minimum atomic E-state index is -4.73. The summed E-state index contributed by atoms with van der Waals surface area (Å²) < 4.78 is 48.1. The molecule has 0 spiro atoms. The average molecular weight is 300 g/mol. The van der Waals surface area contributed by atoms with Gasteiger partial charge in [-0.3, -0.25) is 4.74 Å². The molecule has 0 aliphatic carbocycles. The van der Waals surface area contributed by atoms with E-state index in [9.17, 15) is 18.0 Å². The smallest absolute Gasteiger partial charge is 0.489 e. The van der Waals surface area contributed by atoms with Gasteiger partial charge in [0.25, 0.3) is 0 Å². The van der Waals surface area contributed by atoms with Crippen LogP contribution in [0.5, 0.6) is 5.75 Å². The van der Waals surface area contributed by atoms with Crippen LogP contribution in [0, 0.1) is 0 Å². The summed E-state index contributed by atoms with van der Waals surface area (Å²) in [5.74, 6) is -0.867. The lowest BCUT2D eigenvalue weighted by molar-refractivity contribution is -0.325. The standard InChI is InChI=1S/C10H9ClF3NO4/c1-17-9(16)8-7(4-6(11)5-15-8)18-2-3-19-10(12,13)14/h4-5H,2-3H2,1H3. The van der Waals surface area contributed by atoms with Crippen LogP contribution in [0.15, 0.2) is 12.3 Å². The van der Waals surface area contributed by atoms with Crippen LogP contribution in [-0.2, 0) is 9.47 Å². The number of nitrogens with zero attached hydrogens (tertiary/aromatic N) is 1. The minimum Gasteiger partial charge on any atom is -0.489 e. The summed E-state index contributed by atoms with van der Waals surface area (Å²) >= 11 is 5.64. The molecular formula is C10H9ClF3NO4. The maximum Gasteiger partial charge on any atom is 0.522 e. The van der Waals surface area contributed by atoms with Gasteiger partial charge in [-0.25, -0.2) is 9.78 Å². The van der Waals surface area contributed by atoms with Gasteiger partial charge in [-0.2, -0.15) is 0 Å². The van der Waals surface area contributed by atoms with Gasteiger partial charge in [-0.15, -0.1) is 13.2 Å². The van der Waals surface area contributed by atoms with Crippen molar-refractivity contribution < 1.29 is 32.2 Å². The molecule has 5 nitrogen and oxygen atoms in total. The molecule has 1 rings (SSSR count). The number of alkyl halides is 3. The van der Waals surface area contributed by atoms with Gasteiger partial charge in [0, 0.05) is 12.3 Å². The molecule has 0 radical (unpaired) electrons. The zero-order chi connectivity index (χ0) is 14.5. The number of rotatable bonds is 5. The summed E-state index contributed by atoms with van der Waals surface area (Å²) in [6.45, 7) is -1.15. The molecule has 0 amide bonds. The molecule has 1 aromatic rings. The van der Waals surface area contributed by atoms with Gasteiger partial charge in [0.05, 0.1) is 18.7 Å². The second kappa shape index (κ2) is 6.58. The molecule has 106 valence electrons. The highest BCUT2D eigenvalue weighted by Crippen LogP contribution is 2.22. The predicted octanol–water partition coefficient (Wildman–Crippen LogP) is 2.44. The predicted molar refractivity (Wildman–Crippen MR) is 58.1 cm³/mol. The Balaban J connectivity index is 2.66. The van der Waals surface area contributed by atoms with Crippen molar-refractivity contribution in [3.63, 3.8) is 0 Å². The average Bonchev–Trinajstić information content (AvgIpc) is 2.33. The van der Waals surface area contributed by atoms with Crippen LogP contribution in [0.25, 0.3) is 0 Å². The van der Waals surface area contributed by atoms with Gasteiger partial charge < -0.3 is 9.47 Å². The lowest BCUT2D eigenvalue weighted by Gasteiger charge is -2.11. The summed E-state index contributed by atoms with van der Waals surface area (Å²) in [7, 11) is 1.13. The van der Waals surface area contributed by atoms with Crippen molar-refractivity contribution in [3.05, 3.63) is 23.0 Å². The molecule has 1 heterocycles. The number of pyridine rings is 1. The third kappa shape index (κ3) is 5.31. The summed E-state index contributed by atoms with van der Waals surface area (Å²) in [6, 6.07) is 1.24. The van der Waals surface area contributed by atoms with Crippen molar-refractivity contribution in [2.24, 2.45) is 0 Å². The van der Waals surface area contributed by atoms with Gasteiger partial charge >= 0.3 is 12.3 Å². The topological polar surface area (TPSA) is 57.7 Å². The van der Waals surface area contributed by atoms with E-state index in [1.807, 2.05) is 0 Å². The molecule has 0 fully saturated rings. The number of esters is 1. The quantitative estimate of drug-likeness (QED) is 0.617. The molecule has 0 saturated carbocycles. The van der Waals surface area contributed by atoms with Crippen LogP contribution in [0.3, 0.4) is 0 Å². The first-order valence-corrected chi connectivity index (χ1v) is 5.28. The molecule has 1 aromatic heterocycles. The van der Waals surface area contributed by atoms with Crippen molar-refractivity contribution in [1.82, 2.24) is 4.98 Å². The minimum absolute atomic E-state index is 0.0786. The number of ether oxygens (including phenoxy) is 3. The molecule has 0 aromatic carbocycles. The Labute approximate surface area is 111 Å². The zero-order valence-corrected chi connectivity index (χ0v) is 10.4. The number of hydrogen-bond donors (Lipinski definition) is 0. The molecule has 0 atom stereocenters. The van der Waals surface area contributed by atoms with Gasteiger partial charge in [0.2, 0.25) is 0 Å². The second-order valence-electron chi connectivity index (χ2n) is 3.13. The molecule has 0 unspecified atom stereocenters. The summed E-state index contributed by atoms with van der Waals surface area (Å²) in [5, 5.41) is 0.166. The summed E-state index contributed by atoms with van der Waals surface area (Å²) in [5.41, 5.74) is -0.182. The van der Waals surface area contributed by atoms with Crippen LogP contribution < -0.4 is 4.74 Å². The van der Waals surface area contributed by atoms with Gasteiger partial charge in [-0.1, -0.05) is 11.6 Å². The fraction of sp³-hybridized carbons (Fsp3) is 0.400. The van der Waals surface area contributed by atoms with Crippen molar-refractivity contribution in [2.45, 2.75) is 6.36 Å². The Bertz CT molecular complexity index is 453. The van der Waals surface area contributed by atoms with Crippen LogP contribution in [-0.4, -0.2) is 37.6 Å². The normalized spacial score (nSPS) is 11.2. The second-order valence-corrected chi connectivity index (χ2v) is 3.57. The number of hydrogen-bond acceptors (Lipinski definition) is 5. The molecule has 0 aliphatic rings. The zero-order valence-electron chi connectivity index (χ0n) is 9.66. The van der Waals surface area contributed by atoms with E-state index in [-0.39, 0.29) is 16.5 Å². The number of halogens is 4. The first-order valence-electron chi connectivity index (χ1n) is 4.91. The van der Waals surface area contributed by atoms with Crippen LogP contribution in [0.2, 0.25) is 5.02 Å². The van der Waals surface area contributed by atoms with E-state index in [4.69, 9.17) is 16.3 Å². The Morgan fingerprint density at radius 1 is 1.42 bits per heavy atom. The number of carbonyl (C=O) groups excluding carboxylic acids is 1. The van der Waals surface area contributed by atoms with E-state index in [1.165, 1.54) is 12.3 Å². The Morgan fingerprint density at radius 2 is 2.11 bits per heavy atom. The molecule has 0 saturated heterocycles. The Hall–Kier alpha value is -1.54. The molecule has 0 bridgehead atoms. The molecule has 0 N–H and O–H groups in total. The third-order valence-corrected chi connectivity index (χ3v) is 2.01. The maximum absolute atomic E-state index is 11.7. The highest BCUT2D eigenvalue weighted by Gasteiger charge is 2.28. The first-order chi connectivity index (χ1) is 8.83. The van der Waals surface area contributed by atoms with E-state index in [0.717, 1.165) is 7.11 Å². The van der Waals surface area contributed by atoms with E-state index < -0.39 is 25.5 Å². The molecular weight excluding hydrogens is 291 g/mol.